The number of aromatic nitrogens is 5. The first-order valence-electron chi connectivity index (χ1n) is 10.3. The second-order valence-electron chi connectivity index (χ2n) is 7.78. The molecule has 1 amide bonds. The van der Waals surface area contributed by atoms with Crippen LogP contribution in [0.1, 0.15) is 35.5 Å². The highest BCUT2D eigenvalue weighted by Gasteiger charge is 2.18. The van der Waals surface area contributed by atoms with Gasteiger partial charge in [-0.3, -0.25) is 14.0 Å². The predicted octanol–water partition coefficient (Wildman–Crippen LogP) is 1.42. The third-order valence-electron chi connectivity index (χ3n) is 5.41. The highest BCUT2D eigenvalue weighted by molar-refractivity contribution is 7.99. The molecule has 0 aromatic carbocycles. The summed E-state index contributed by atoms with van der Waals surface area (Å²) >= 11 is 1.32. The van der Waals surface area contributed by atoms with E-state index in [1.165, 1.54) is 11.8 Å². The van der Waals surface area contributed by atoms with E-state index in [1.807, 2.05) is 37.6 Å². The number of nitrogens with one attached hydrogen (secondary N) is 1. The molecule has 1 aliphatic rings. The van der Waals surface area contributed by atoms with Crippen LogP contribution in [0.15, 0.2) is 28.3 Å². The molecular formula is C21H26N6O3S. The van der Waals surface area contributed by atoms with E-state index in [-0.39, 0.29) is 23.3 Å². The molecule has 0 bridgehead atoms. The summed E-state index contributed by atoms with van der Waals surface area (Å²) in [4.78, 5) is 29.7. The van der Waals surface area contributed by atoms with Crippen LogP contribution >= 0.6 is 11.8 Å². The number of fused-ring (bicyclic) bond motifs is 1. The maximum Gasteiger partial charge on any atom is 0.261 e. The van der Waals surface area contributed by atoms with Crippen molar-refractivity contribution in [1.29, 1.82) is 0 Å². The number of amides is 1. The largest absolute Gasteiger partial charge is 0.376 e. The van der Waals surface area contributed by atoms with Crippen molar-refractivity contribution in [1.82, 2.24) is 29.5 Å². The quantitative estimate of drug-likeness (QED) is 0.552. The summed E-state index contributed by atoms with van der Waals surface area (Å²) in [7, 11) is 1.84. The van der Waals surface area contributed by atoms with Gasteiger partial charge in [0.25, 0.3) is 5.56 Å². The Hall–Kier alpha value is -2.72. The molecule has 4 rings (SSSR count). The maximum atomic E-state index is 13.0. The standard InChI is InChI=1S/C21H26N6O3S/c1-13-6-7-17-23-14(2)16(20(29)27(17)11-13)9-18-24-25-21(26(18)3)31-12-19(28)22-10-15-5-4-8-30-15/h6-7,11,15H,4-5,8-10,12H2,1-3H3,(H,22,28). The van der Waals surface area contributed by atoms with Crippen LogP contribution in [0.25, 0.3) is 5.65 Å². The van der Waals surface area contributed by atoms with Crippen LogP contribution < -0.4 is 10.9 Å². The van der Waals surface area contributed by atoms with Gasteiger partial charge < -0.3 is 14.6 Å². The van der Waals surface area contributed by atoms with Gasteiger partial charge in [-0.15, -0.1) is 10.2 Å². The van der Waals surface area contributed by atoms with Gasteiger partial charge in [0.2, 0.25) is 5.91 Å². The van der Waals surface area contributed by atoms with Crippen LogP contribution in [0.5, 0.6) is 0 Å². The lowest BCUT2D eigenvalue weighted by atomic mass is 10.1. The van der Waals surface area contributed by atoms with E-state index < -0.39 is 0 Å². The summed E-state index contributed by atoms with van der Waals surface area (Å²) in [5.74, 6) is 0.835. The number of hydrogen-bond donors (Lipinski definition) is 1. The Morgan fingerprint density at radius 3 is 2.94 bits per heavy atom. The molecular weight excluding hydrogens is 416 g/mol. The summed E-state index contributed by atoms with van der Waals surface area (Å²) in [5, 5.41) is 12.0. The Kier molecular flexibility index (Phi) is 6.38. The van der Waals surface area contributed by atoms with Crippen LogP contribution in [0.4, 0.5) is 0 Å². The second kappa shape index (κ2) is 9.19. The summed E-state index contributed by atoms with van der Waals surface area (Å²) < 4.78 is 8.91. The number of aryl methyl sites for hydroxylation is 2. The van der Waals surface area contributed by atoms with E-state index in [0.717, 1.165) is 25.0 Å². The average molecular weight is 443 g/mol. The van der Waals surface area contributed by atoms with Gasteiger partial charge in [0.05, 0.1) is 11.9 Å². The highest BCUT2D eigenvalue weighted by Crippen LogP contribution is 2.18. The lowest BCUT2D eigenvalue weighted by molar-refractivity contribution is -0.119. The molecule has 1 N–H and O–H groups in total. The molecule has 3 aromatic rings. The molecule has 4 heterocycles. The van der Waals surface area contributed by atoms with Crippen molar-refractivity contribution in [3.8, 4) is 0 Å². The van der Waals surface area contributed by atoms with Crippen LogP contribution in [-0.2, 0) is 23.0 Å². The fourth-order valence-corrected chi connectivity index (χ4v) is 4.35. The number of carbonyl (C=O) groups excluding carboxylic acids is 1. The molecule has 1 atom stereocenters. The zero-order valence-electron chi connectivity index (χ0n) is 17.9. The normalized spacial score (nSPS) is 16.2. The van der Waals surface area contributed by atoms with E-state index in [9.17, 15) is 9.59 Å². The Balaban J connectivity index is 1.44. The van der Waals surface area contributed by atoms with Gasteiger partial charge >= 0.3 is 0 Å². The van der Waals surface area contributed by atoms with E-state index in [4.69, 9.17) is 4.74 Å². The number of thioether (sulfide) groups is 1. The Bertz CT molecular complexity index is 1170. The molecule has 1 unspecified atom stereocenters. The number of nitrogens with zero attached hydrogens (tertiary/aromatic N) is 5. The first-order valence-corrected chi connectivity index (χ1v) is 11.3. The molecule has 0 aliphatic carbocycles. The number of hydrogen-bond acceptors (Lipinski definition) is 7. The number of rotatable bonds is 7. The molecule has 1 aliphatic heterocycles. The minimum absolute atomic E-state index is 0.0618. The zero-order chi connectivity index (χ0) is 22.0. The van der Waals surface area contributed by atoms with E-state index in [0.29, 0.717) is 40.9 Å². The van der Waals surface area contributed by atoms with Crippen molar-refractivity contribution in [3.63, 3.8) is 0 Å². The van der Waals surface area contributed by atoms with Gasteiger partial charge in [0.15, 0.2) is 5.16 Å². The number of pyridine rings is 1. The van der Waals surface area contributed by atoms with Crippen molar-refractivity contribution in [2.24, 2.45) is 7.05 Å². The van der Waals surface area contributed by atoms with E-state index >= 15 is 0 Å². The van der Waals surface area contributed by atoms with Crippen molar-refractivity contribution < 1.29 is 9.53 Å². The predicted molar refractivity (Wildman–Crippen MR) is 117 cm³/mol. The summed E-state index contributed by atoms with van der Waals surface area (Å²) in [6, 6.07) is 3.78. The van der Waals surface area contributed by atoms with Crippen molar-refractivity contribution in [3.05, 3.63) is 51.3 Å². The highest BCUT2D eigenvalue weighted by atomic mass is 32.2. The van der Waals surface area contributed by atoms with Gasteiger partial charge in [-0.1, -0.05) is 17.8 Å². The Labute approximate surface area is 184 Å². The first-order chi connectivity index (χ1) is 14.9. The molecule has 3 aromatic heterocycles. The molecule has 1 fully saturated rings. The van der Waals surface area contributed by atoms with Crippen LogP contribution in [0, 0.1) is 13.8 Å². The number of carbonyl (C=O) groups is 1. The molecule has 0 saturated carbocycles. The van der Waals surface area contributed by atoms with Crippen LogP contribution in [-0.4, -0.2) is 55.1 Å². The van der Waals surface area contributed by atoms with Crippen molar-refractivity contribution >= 4 is 23.3 Å². The van der Waals surface area contributed by atoms with Crippen LogP contribution in [0.3, 0.4) is 0 Å². The SMILES string of the molecule is Cc1ccc2nc(C)c(Cc3nnc(SCC(=O)NCC4CCCO4)n3C)c(=O)n2c1. The third-order valence-corrected chi connectivity index (χ3v) is 6.43. The Morgan fingerprint density at radius 2 is 2.16 bits per heavy atom. The lowest BCUT2D eigenvalue weighted by Gasteiger charge is -2.10. The van der Waals surface area contributed by atoms with Gasteiger partial charge in [-0.2, -0.15) is 0 Å². The molecule has 9 nitrogen and oxygen atoms in total. The molecule has 31 heavy (non-hydrogen) atoms. The fourth-order valence-electron chi connectivity index (χ4n) is 3.59. The first kappa shape index (κ1) is 21.5. The van der Waals surface area contributed by atoms with Gasteiger partial charge in [0, 0.05) is 44.1 Å². The van der Waals surface area contributed by atoms with E-state index in [2.05, 4.69) is 20.5 Å². The van der Waals surface area contributed by atoms with Crippen LogP contribution in [0.2, 0.25) is 0 Å². The topological polar surface area (TPSA) is 103 Å². The summed E-state index contributed by atoms with van der Waals surface area (Å²) in [6.45, 7) is 5.09. The fraction of sp³-hybridized carbons (Fsp3) is 0.476. The second-order valence-corrected chi connectivity index (χ2v) is 8.72. The van der Waals surface area contributed by atoms with Gasteiger partial charge in [-0.05, 0) is 38.3 Å². The van der Waals surface area contributed by atoms with Gasteiger partial charge in [0.1, 0.15) is 11.5 Å². The number of ether oxygens (including phenoxy) is 1. The summed E-state index contributed by atoms with van der Waals surface area (Å²) in [5.41, 5.74) is 2.78. The Morgan fingerprint density at radius 1 is 1.32 bits per heavy atom. The van der Waals surface area contributed by atoms with Crippen molar-refractivity contribution in [2.75, 3.05) is 18.9 Å². The maximum absolute atomic E-state index is 13.0. The molecule has 0 spiro atoms. The average Bonchev–Trinajstić information content (AvgIpc) is 3.39. The van der Waals surface area contributed by atoms with Gasteiger partial charge in [-0.25, -0.2) is 4.98 Å². The van der Waals surface area contributed by atoms with Crippen molar-refractivity contribution in [2.45, 2.75) is 44.4 Å². The smallest absolute Gasteiger partial charge is 0.261 e. The zero-order valence-corrected chi connectivity index (χ0v) is 18.7. The molecule has 164 valence electrons. The monoisotopic (exact) mass is 442 g/mol. The summed E-state index contributed by atoms with van der Waals surface area (Å²) in [6.07, 6.45) is 4.27. The minimum Gasteiger partial charge on any atom is -0.376 e. The molecule has 1 saturated heterocycles. The van der Waals surface area contributed by atoms with E-state index in [1.54, 1.807) is 10.6 Å². The lowest BCUT2D eigenvalue weighted by Crippen LogP contribution is -2.32. The molecule has 0 radical (unpaired) electrons. The molecule has 10 heteroatoms. The third kappa shape index (κ3) is 4.80. The minimum atomic E-state index is -0.100.